The van der Waals surface area contributed by atoms with E-state index < -0.39 is 0 Å². The van der Waals surface area contributed by atoms with E-state index in [0.717, 1.165) is 30.5 Å². The van der Waals surface area contributed by atoms with Gasteiger partial charge in [0.2, 0.25) is 0 Å². The third-order valence-corrected chi connectivity index (χ3v) is 5.19. The topological polar surface area (TPSA) is 38.7 Å². The Morgan fingerprint density at radius 3 is 2.52 bits per heavy atom. The molecule has 122 valence electrons. The standard InChI is InChI=1S/C22H17NO2/c1-13(24)25-23-20-7-3-6-17-18-11-10-15-5-2-4-14-8-9-16(12-19(17)20)22(18)21(14)15/h2,4-5,8-12H,3,6-7H2,1H3. The smallest absolute Gasteiger partial charge is 0.318 e. The Kier molecular flexibility index (Phi) is 3.04. The van der Waals surface area contributed by atoms with Gasteiger partial charge in [-0.05, 0) is 63.2 Å². The second-order valence-electron chi connectivity index (χ2n) is 6.73. The molecule has 0 heterocycles. The summed E-state index contributed by atoms with van der Waals surface area (Å²) >= 11 is 0. The highest BCUT2D eigenvalue weighted by atomic mass is 16.7. The van der Waals surface area contributed by atoms with Gasteiger partial charge in [0, 0.05) is 12.5 Å². The summed E-state index contributed by atoms with van der Waals surface area (Å²) in [6.45, 7) is 1.38. The first-order valence-corrected chi connectivity index (χ1v) is 8.66. The van der Waals surface area contributed by atoms with Crippen LogP contribution in [0.2, 0.25) is 0 Å². The lowest BCUT2D eigenvalue weighted by Gasteiger charge is -2.22. The average Bonchev–Trinajstić information content (AvgIpc) is 2.64. The number of oxime groups is 1. The maximum absolute atomic E-state index is 11.1. The molecule has 4 aromatic carbocycles. The van der Waals surface area contributed by atoms with E-state index in [1.807, 2.05) is 0 Å². The maximum atomic E-state index is 11.1. The molecule has 0 unspecified atom stereocenters. The van der Waals surface area contributed by atoms with E-state index in [0.29, 0.717) is 0 Å². The van der Waals surface area contributed by atoms with Gasteiger partial charge < -0.3 is 4.84 Å². The molecular formula is C22H17NO2. The van der Waals surface area contributed by atoms with Crippen molar-refractivity contribution in [1.29, 1.82) is 0 Å². The highest BCUT2D eigenvalue weighted by molar-refractivity contribution is 6.25. The molecular weight excluding hydrogens is 310 g/mol. The molecule has 0 atom stereocenters. The third-order valence-electron chi connectivity index (χ3n) is 5.19. The van der Waals surface area contributed by atoms with Crippen LogP contribution in [-0.4, -0.2) is 11.7 Å². The number of nitrogens with zero attached hydrogens (tertiary/aromatic N) is 1. The Bertz CT molecular complexity index is 1160. The van der Waals surface area contributed by atoms with Crippen molar-refractivity contribution in [3.8, 4) is 0 Å². The Morgan fingerprint density at radius 1 is 0.960 bits per heavy atom. The number of carbonyl (C=O) groups is 1. The van der Waals surface area contributed by atoms with Crippen molar-refractivity contribution >= 4 is 44.0 Å². The van der Waals surface area contributed by atoms with Gasteiger partial charge in [0.1, 0.15) is 0 Å². The molecule has 5 rings (SSSR count). The van der Waals surface area contributed by atoms with Gasteiger partial charge in [0.05, 0.1) is 5.71 Å². The van der Waals surface area contributed by atoms with E-state index >= 15 is 0 Å². The largest absolute Gasteiger partial charge is 0.331 e. The van der Waals surface area contributed by atoms with Crippen LogP contribution in [0.3, 0.4) is 0 Å². The molecule has 1 aliphatic rings. The fourth-order valence-electron chi connectivity index (χ4n) is 4.18. The van der Waals surface area contributed by atoms with E-state index in [-0.39, 0.29) is 5.97 Å². The third kappa shape index (κ3) is 2.12. The van der Waals surface area contributed by atoms with Gasteiger partial charge in [-0.25, -0.2) is 4.79 Å². The van der Waals surface area contributed by atoms with Gasteiger partial charge in [-0.2, -0.15) is 0 Å². The first-order valence-electron chi connectivity index (χ1n) is 8.66. The highest BCUT2D eigenvalue weighted by Crippen LogP contribution is 2.39. The molecule has 3 heteroatoms. The lowest BCUT2D eigenvalue weighted by molar-refractivity contribution is -0.140. The zero-order chi connectivity index (χ0) is 17.0. The van der Waals surface area contributed by atoms with E-state index in [2.05, 4.69) is 53.7 Å². The molecule has 0 amide bonds. The van der Waals surface area contributed by atoms with Crippen LogP contribution < -0.4 is 0 Å². The van der Waals surface area contributed by atoms with Crippen molar-refractivity contribution in [1.82, 2.24) is 0 Å². The van der Waals surface area contributed by atoms with Gasteiger partial charge in [0.15, 0.2) is 0 Å². The summed E-state index contributed by atoms with van der Waals surface area (Å²) in [5.41, 5.74) is 3.32. The SMILES string of the molecule is CC(=O)ON=C1CCCc2c1cc1ccc3cccc4ccc2c1c34. The quantitative estimate of drug-likeness (QED) is 0.274. The van der Waals surface area contributed by atoms with Crippen LogP contribution in [0.5, 0.6) is 0 Å². The summed E-state index contributed by atoms with van der Waals surface area (Å²) < 4.78 is 0. The van der Waals surface area contributed by atoms with Crippen molar-refractivity contribution in [3.05, 3.63) is 59.7 Å². The van der Waals surface area contributed by atoms with E-state index in [9.17, 15) is 4.79 Å². The van der Waals surface area contributed by atoms with Crippen LogP contribution in [0.1, 0.15) is 30.9 Å². The predicted octanol–water partition coefficient (Wildman–Crippen LogP) is 5.19. The molecule has 0 saturated carbocycles. The fraction of sp³-hybridized carbons (Fsp3) is 0.182. The molecule has 1 aliphatic carbocycles. The number of carbonyl (C=O) groups excluding carboxylic acids is 1. The van der Waals surface area contributed by atoms with E-state index in [1.165, 1.54) is 44.8 Å². The molecule has 0 radical (unpaired) electrons. The molecule has 25 heavy (non-hydrogen) atoms. The molecule has 0 aliphatic heterocycles. The van der Waals surface area contributed by atoms with Crippen LogP contribution >= 0.6 is 0 Å². The van der Waals surface area contributed by atoms with Crippen molar-refractivity contribution in [2.24, 2.45) is 5.16 Å². The van der Waals surface area contributed by atoms with Gasteiger partial charge in [-0.15, -0.1) is 0 Å². The minimum atomic E-state index is -0.378. The van der Waals surface area contributed by atoms with Crippen LogP contribution in [0.4, 0.5) is 0 Å². The molecule has 0 bridgehead atoms. The molecule has 0 spiro atoms. The van der Waals surface area contributed by atoms with Gasteiger partial charge >= 0.3 is 5.97 Å². The van der Waals surface area contributed by atoms with Crippen LogP contribution in [0.25, 0.3) is 32.3 Å². The number of aryl methyl sites for hydroxylation is 1. The minimum absolute atomic E-state index is 0.378. The fourth-order valence-corrected chi connectivity index (χ4v) is 4.18. The second-order valence-corrected chi connectivity index (χ2v) is 6.73. The monoisotopic (exact) mass is 327 g/mol. The van der Waals surface area contributed by atoms with E-state index in [1.54, 1.807) is 0 Å². The maximum Gasteiger partial charge on any atom is 0.331 e. The Labute approximate surface area is 145 Å². The van der Waals surface area contributed by atoms with Crippen LogP contribution in [0, 0.1) is 0 Å². The number of fused-ring (bicyclic) bond motifs is 2. The first-order chi connectivity index (χ1) is 12.2. The summed E-state index contributed by atoms with van der Waals surface area (Å²) in [5, 5.41) is 11.9. The number of hydrogen-bond acceptors (Lipinski definition) is 3. The zero-order valence-corrected chi connectivity index (χ0v) is 14.0. The predicted molar refractivity (Wildman–Crippen MR) is 101 cm³/mol. The first kappa shape index (κ1) is 14.4. The summed E-state index contributed by atoms with van der Waals surface area (Å²) in [4.78, 5) is 16.1. The minimum Gasteiger partial charge on any atom is -0.318 e. The van der Waals surface area contributed by atoms with Crippen molar-refractivity contribution < 1.29 is 9.63 Å². The lowest BCUT2D eigenvalue weighted by atomic mass is 9.83. The summed E-state index contributed by atoms with van der Waals surface area (Å²) in [7, 11) is 0. The molecule has 0 aromatic heterocycles. The van der Waals surface area contributed by atoms with Gasteiger partial charge in [-0.1, -0.05) is 47.6 Å². The van der Waals surface area contributed by atoms with Gasteiger partial charge in [0.25, 0.3) is 0 Å². The Balaban J connectivity index is 1.87. The number of hydrogen-bond donors (Lipinski definition) is 0. The molecule has 3 nitrogen and oxygen atoms in total. The number of rotatable bonds is 1. The normalized spacial score (nSPS) is 16.0. The molecule has 0 fully saturated rings. The summed E-state index contributed by atoms with van der Waals surface area (Å²) in [5.74, 6) is -0.378. The van der Waals surface area contributed by atoms with Crippen LogP contribution in [-0.2, 0) is 16.1 Å². The average molecular weight is 327 g/mol. The zero-order valence-electron chi connectivity index (χ0n) is 14.0. The summed E-state index contributed by atoms with van der Waals surface area (Å²) in [6.07, 6.45) is 2.90. The van der Waals surface area contributed by atoms with Crippen LogP contribution in [0.15, 0.2) is 53.7 Å². The van der Waals surface area contributed by atoms with Crippen molar-refractivity contribution in [3.63, 3.8) is 0 Å². The molecule has 0 saturated heterocycles. The molecule has 0 N–H and O–H groups in total. The highest BCUT2D eigenvalue weighted by Gasteiger charge is 2.21. The summed E-state index contributed by atoms with van der Waals surface area (Å²) in [6, 6.07) is 17.5. The number of benzene rings is 4. The lowest BCUT2D eigenvalue weighted by Crippen LogP contribution is -2.14. The Hall–Kier alpha value is -2.94. The van der Waals surface area contributed by atoms with Crippen molar-refractivity contribution in [2.45, 2.75) is 26.2 Å². The molecule has 4 aromatic rings. The van der Waals surface area contributed by atoms with Crippen molar-refractivity contribution in [2.75, 3.05) is 0 Å². The Morgan fingerprint density at radius 2 is 1.72 bits per heavy atom. The van der Waals surface area contributed by atoms with Gasteiger partial charge in [-0.3, -0.25) is 0 Å². The van der Waals surface area contributed by atoms with E-state index in [4.69, 9.17) is 4.84 Å². The second kappa shape index (κ2) is 5.28.